The molecular formula is C21H12ClN3O2. The van der Waals surface area contributed by atoms with Crippen LogP contribution in [-0.2, 0) is 4.79 Å². The normalized spacial score (nSPS) is 18.6. The van der Waals surface area contributed by atoms with Crippen LogP contribution in [-0.4, -0.2) is 17.5 Å². The lowest BCUT2D eigenvalue weighted by Crippen LogP contribution is -2.27. The van der Waals surface area contributed by atoms with Crippen molar-refractivity contribution in [3.05, 3.63) is 77.1 Å². The third-order valence-corrected chi connectivity index (χ3v) is 4.46. The highest BCUT2D eigenvalue weighted by molar-refractivity contribution is 6.33. The number of hydrogen-bond donors (Lipinski definition) is 0. The average molecular weight is 374 g/mol. The van der Waals surface area contributed by atoms with Gasteiger partial charge in [-0.05, 0) is 30.3 Å². The van der Waals surface area contributed by atoms with Gasteiger partial charge in [0.2, 0.25) is 0 Å². The zero-order chi connectivity index (χ0) is 18.8. The van der Waals surface area contributed by atoms with Gasteiger partial charge in [0.05, 0.1) is 10.7 Å². The van der Waals surface area contributed by atoms with E-state index in [0.717, 1.165) is 5.56 Å². The van der Waals surface area contributed by atoms with E-state index in [1.165, 1.54) is 6.08 Å². The lowest BCUT2D eigenvalue weighted by Gasteiger charge is -2.17. The number of benzene rings is 1. The Morgan fingerprint density at radius 1 is 1.19 bits per heavy atom. The van der Waals surface area contributed by atoms with Gasteiger partial charge in [-0.15, -0.1) is 0 Å². The summed E-state index contributed by atoms with van der Waals surface area (Å²) in [7, 11) is 0. The highest BCUT2D eigenvalue weighted by Crippen LogP contribution is 2.30. The Morgan fingerprint density at radius 3 is 2.85 bits per heavy atom. The van der Waals surface area contributed by atoms with Crippen LogP contribution in [0, 0.1) is 17.2 Å². The molecule has 2 aliphatic rings. The summed E-state index contributed by atoms with van der Waals surface area (Å²) in [4.78, 5) is 20.5. The molecule has 0 spiro atoms. The number of carbonyl (C=O) groups is 1. The first-order chi connectivity index (χ1) is 13.2. The number of allylic oxidation sites excluding steroid dienone is 3. The zero-order valence-corrected chi connectivity index (χ0v) is 14.7. The Hall–Kier alpha value is -3.49. The van der Waals surface area contributed by atoms with Gasteiger partial charge in [0.1, 0.15) is 29.1 Å². The van der Waals surface area contributed by atoms with E-state index < -0.39 is 5.92 Å². The molecule has 1 unspecified atom stereocenters. The molecule has 0 bridgehead atoms. The van der Waals surface area contributed by atoms with Gasteiger partial charge in [-0.25, -0.2) is 4.99 Å². The first-order valence-electron chi connectivity index (χ1n) is 8.18. The number of aliphatic imine (C=N–C) groups is 2. The van der Waals surface area contributed by atoms with E-state index in [0.29, 0.717) is 22.3 Å². The second-order valence-corrected chi connectivity index (χ2v) is 6.29. The summed E-state index contributed by atoms with van der Waals surface area (Å²) < 4.78 is 5.78. The van der Waals surface area contributed by atoms with Gasteiger partial charge in [-0.1, -0.05) is 42.0 Å². The summed E-state index contributed by atoms with van der Waals surface area (Å²) in [6.07, 6.45) is 8.57. The van der Waals surface area contributed by atoms with Crippen molar-refractivity contribution >= 4 is 35.1 Å². The molecule has 2 aromatic rings. The fourth-order valence-corrected chi connectivity index (χ4v) is 3.04. The molecule has 4 rings (SSSR count). The molecule has 2 heterocycles. The Bertz CT molecular complexity index is 1130. The second-order valence-electron chi connectivity index (χ2n) is 5.88. The average Bonchev–Trinajstić information content (AvgIpc) is 3.15. The lowest BCUT2D eigenvalue weighted by molar-refractivity contribution is -0.118. The molecule has 1 atom stereocenters. The largest absolute Gasteiger partial charge is 0.457 e. The number of nitrogens with zero attached hydrogens (tertiary/aromatic N) is 3. The molecule has 1 aromatic heterocycles. The van der Waals surface area contributed by atoms with Gasteiger partial charge in [0.25, 0.3) is 5.91 Å². The van der Waals surface area contributed by atoms with Crippen molar-refractivity contribution in [3.8, 4) is 17.4 Å². The van der Waals surface area contributed by atoms with E-state index in [1.807, 2.05) is 24.3 Å². The van der Waals surface area contributed by atoms with Crippen LogP contribution in [0.5, 0.6) is 0 Å². The minimum absolute atomic E-state index is 0.0874. The third-order valence-electron chi connectivity index (χ3n) is 4.13. The van der Waals surface area contributed by atoms with Gasteiger partial charge in [0.15, 0.2) is 5.84 Å². The van der Waals surface area contributed by atoms with E-state index in [2.05, 4.69) is 9.98 Å². The quantitative estimate of drug-likeness (QED) is 0.736. The van der Waals surface area contributed by atoms with Crippen molar-refractivity contribution in [1.29, 1.82) is 5.26 Å². The van der Waals surface area contributed by atoms with Crippen molar-refractivity contribution < 1.29 is 9.21 Å². The maximum absolute atomic E-state index is 12.2. The molecule has 1 amide bonds. The number of hydrogen-bond acceptors (Lipinski definition) is 4. The van der Waals surface area contributed by atoms with Crippen molar-refractivity contribution in [2.75, 3.05) is 0 Å². The van der Waals surface area contributed by atoms with Crippen LogP contribution in [0.1, 0.15) is 5.76 Å². The topological polar surface area (TPSA) is 78.7 Å². The number of furan rings is 1. The Morgan fingerprint density at radius 2 is 2.04 bits per heavy atom. The molecule has 1 aliphatic heterocycles. The highest BCUT2D eigenvalue weighted by atomic mass is 35.5. The van der Waals surface area contributed by atoms with Crippen LogP contribution in [0.3, 0.4) is 0 Å². The molecule has 0 fully saturated rings. The summed E-state index contributed by atoms with van der Waals surface area (Å²) in [6.45, 7) is 0. The smallest absolute Gasteiger partial charge is 0.260 e. The fourth-order valence-electron chi connectivity index (χ4n) is 2.81. The molecule has 6 heteroatoms. The van der Waals surface area contributed by atoms with Crippen molar-refractivity contribution in [1.82, 2.24) is 0 Å². The first kappa shape index (κ1) is 17.0. The highest BCUT2D eigenvalue weighted by Gasteiger charge is 2.27. The minimum atomic E-state index is -0.478. The van der Waals surface area contributed by atoms with Crippen molar-refractivity contribution in [3.63, 3.8) is 0 Å². The van der Waals surface area contributed by atoms with Crippen LogP contribution in [0.25, 0.3) is 17.4 Å². The van der Waals surface area contributed by atoms with E-state index in [9.17, 15) is 10.1 Å². The van der Waals surface area contributed by atoms with E-state index in [4.69, 9.17) is 16.0 Å². The molecule has 5 nitrogen and oxygen atoms in total. The summed E-state index contributed by atoms with van der Waals surface area (Å²) in [5, 5.41) is 10.1. The summed E-state index contributed by atoms with van der Waals surface area (Å²) in [5.74, 6) is 0.294. The van der Waals surface area contributed by atoms with E-state index in [1.54, 1.807) is 42.5 Å². The molecular weight excluding hydrogens is 362 g/mol. The molecule has 0 radical (unpaired) electrons. The Balaban J connectivity index is 1.67. The number of halogens is 1. The number of rotatable bonds is 3. The fraction of sp³-hybridized carbons (Fsp3) is 0.0476. The summed E-state index contributed by atoms with van der Waals surface area (Å²) in [5.41, 5.74) is 1.48. The van der Waals surface area contributed by atoms with Crippen LogP contribution in [0.4, 0.5) is 0 Å². The lowest BCUT2D eigenvalue weighted by atomic mass is 9.96. The van der Waals surface area contributed by atoms with Gasteiger partial charge >= 0.3 is 0 Å². The number of carbonyl (C=O) groups excluding carboxylic acids is 1. The predicted octanol–water partition coefficient (Wildman–Crippen LogP) is 4.63. The molecule has 0 saturated carbocycles. The van der Waals surface area contributed by atoms with Crippen LogP contribution in [0.15, 0.2) is 80.7 Å². The van der Waals surface area contributed by atoms with Gasteiger partial charge in [-0.2, -0.15) is 10.3 Å². The molecule has 27 heavy (non-hydrogen) atoms. The van der Waals surface area contributed by atoms with Crippen LogP contribution in [0.2, 0.25) is 5.02 Å². The van der Waals surface area contributed by atoms with E-state index in [-0.39, 0.29) is 17.3 Å². The predicted molar refractivity (Wildman–Crippen MR) is 104 cm³/mol. The van der Waals surface area contributed by atoms with Gasteiger partial charge < -0.3 is 4.42 Å². The standard InChI is InChI=1S/C21H12ClN3O2/c22-17-7-3-1-5-15(17)19-10-9-14(27-19)11-13(12-23)20-24-18-8-4-2-6-16(18)21(26)25-20/h1-11,16H/b13-11+. The Labute approximate surface area is 160 Å². The molecule has 1 aliphatic carbocycles. The second kappa shape index (κ2) is 7.02. The molecule has 1 aromatic carbocycles. The Kier molecular flexibility index (Phi) is 4.41. The monoisotopic (exact) mass is 373 g/mol. The first-order valence-corrected chi connectivity index (χ1v) is 8.56. The summed E-state index contributed by atoms with van der Waals surface area (Å²) >= 11 is 6.19. The van der Waals surface area contributed by atoms with Crippen LogP contribution < -0.4 is 0 Å². The minimum Gasteiger partial charge on any atom is -0.457 e. The van der Waals surface area contributed by atoms with Gasteiger partial charge in [0, 0.05) is 11.6 Å². The zero-order valence-electron chi connectivity index (χ0n) is 14.0. The molecule has 0 saturated heterocycles. The molecule has 130 valence electrons. The number of fused-ring (bicyclic) bond motifs is 1. The van der Waals surface area contributed by atoms with Gasteiger partial charge in [-0.3, -0.25) is 4.79 Å². The van der Waals surface area contributed by atoms with Crippen molar-refractivity contribution in [2.45, 2.75) is 0 Å². The van der Waals surface area contributed by atoms with E-state index >= 15 is 0 Å². The van der Waals surface area contributed by atoms with Crippen molar-refractivity contribution in [2.24, 2.45) is 15.9 Å². The maximum atomic E-state index is 12.2. The molecule has 0 N–H and O–H groups in total. The van der Waals surface area contributed by atoms with Crippen LogP contribution >= 0.6 is 11.6 Å². The number of nitriles is 1. The number of amides is 1. The number of amidine groups is 1. The maximum Gasteiger partial charge on any atom is 0.260 e. The SMILES string of the molecule is N#C/C(=C\c1ccc(-c2ccccc2Cl)o1)C1=NC(=O)C2C=CC=CC2=N1. The third kappa shape index (κ3) is 3.31. The summed E-state index contributed by atoms with van der Waals surface area (Å²) in [6, 6.07) is 12.9.